The number of alkyl halides is 5. The third-order valence-electron chi connectivity index (χ3n) is 3.44. The van der Waals surface area contributed by atoms with Gasteiger partial charge in [0.1, 0.15) is 0 Å². The van der Waals surface area contributed by atoms with Crippen molar-refractivity contribution in [2.24, 2.45) is 0 Å². The van der Waals surface area contributed by atoms with Crippen LogP contribution in [0.15, 0.2) is 18.2 Å². The number of rotatable bonds is 3. The molecule has 1 fully saturated rings. The first-order valence-corrected chi connectivity index (χ1v) is 6.78. The molecule has 1 atom stereocenters. The highest BCUT2D eigenvalue weighted by molar-refractivity contribution is 6.32. The number of nitrogens with one attached hydrogen (secondary N) is 1. The van der Waals surface area contributed by atoms with Gasteiger partial charge in [0.25, 0.3) is 6.43 Å². The maximum atomic E-state index is 13.4. The van der Waals surface area contributed by atoms with Crippen LogP contribution in [0.25, 0.3) is 0 Å². The first kappa shape index (κ1) is 22.7. The van der Waals surface area contributed by atoms with E-state index < -0.39 is 29.2 Å². The smallest absolute Gasteiger partial charge is 0.314 e. The van der Waals surface area contributed by atoms with E-state index in [-0.39, 0.29) is 30.4 Å². The van der Waals surface area contributed by atoms with Gasteiger partial charge in [0.2, 0.25) is 0 Å². The highest BCUT2D eigenvalue weighted by Crippen LogP contribution is 2.40. The largest absolute Gasteiger partial charge is 0.417 e. The maximum Gasteiger partial charge on any atom is 0.417 e. The van der Waals surface area contributed by atoms with Crippen LogP contribution in [0.4, 0.5) is 22.0 Å². The fourth-order valence-corrected chi connectivity index (χ4v) is 2.79. The average molecular weight is 402 g/mol. The average Bonchev–Trinajstić information content (AvgIpc) is 2.40. The zero-order valence-corrected chi connectivity index (χ0v) is 14.1. The van der Waals surface area contributed by atoms with Crippen LogP contribution in [-0.2, 0) is 6.18 Å². The molecule has 10 heteroatoms. The summed E-state index contributed by atoms with van der Waals surface area (Å²) < 4.78 is 65.3. The lowest BCUT2D eigenvalue weighted by atomic mass is 10.0. The first-order chi connectivity index (χ1) is 9.82. The summed E-state index contributed by atoms with van der Waals surface area (Å²) in [6, 6.07) is 1.71. The van der Waals surface area contributed by atoms with E-state index in [1.807, 2.05) is 0 Å². The molecule has 0 amide bonds. The molecule has 134 valence electrons. The zero-order valence-electron chi connectivity index (χ0n) is 11.7. The van der Waals surface area contributed by atoms with Crippen LogP contribution < -0.4 is 5.32 Å². The summed E-state index contributed by atoms with van der Waals surface area (Å²) in [5.74, 6) is 0. The molecule has 0 saturated carbocycles. The quantitative estimate of drug-likeness (QED) is 0.755. The second kappa shape index (κ2) is 9.22. The molecule has 1 aromatic carbocycles. The Morgan fingerprint density at radius 1 is 1.09 bits per heavy atom. The van der Waals surface area contributed by atoms with E-state index in [4.69, 9.17) is 11.6 Å². The molecule has 23 heavy (non-hydrogen) atoms. The second-order valence-electron chi connectivity index (χ2n) is 4.77. The van der Waals surface area contributed by atoms with Gasteiger partial charge in [0, 0.05) is 26.2 Å². The van der Waals surface area contributed by atoms with Crippen molar-refractivity contribution in [3.8, 4) is 0 Å². The molecular weight excluding hydrogens is 386 g/mol. The Morgan fingerprint density at radius 3 is 2.13 bits per heavy atom. The first-order valence-electron chi connectivity index (χ1n) is 6.41. The monoisotopic (exact) mass is 400 g/mol. The van der Waals surface area contributed by atoms with Gasteiger partial charge in [-0.15, -0.1) is 24.8 Å². The molecule has 1 aliphatic heterocycles. The number of benzene rings is 1. The summed E-state index contributed by atoms with van der Waals surface area (Å²) in [4.78, 5) is 1.46. The minimum Gasteiger partial charge on any atom is -0.314 e. The second-order valence-corrected chi connectivity index (χ2v) is 5.15. The van der Waals surface area contributed by atoms with Crippen molar-refractivity contribution < 1.29 is 22.0 Å². The maximum absolute atomic E-state index is 13.4. The number of nitrogens with zero attached hydrogens (tertiary/aromatic N) is 1. The van der Waals surface area contributed by atoms with E-state index in [0.29, 0.717) is 26.2 Å². The van der Waals surface area contributed by atoms with Gasteiger partial charge in [-0.25, -0.2) is 8.78 Å². The minimum atomic E-state index is -4.66. The third kappa shape index (κ3) is 5.32. The molecule has 0 aliphatic carbocycles. The number of halogens is 8. The summed E-state index contributed by atoms with van der Waals surface area (Å²) >= 11 is 5.76. The van der Waals surface area contributed by atoms with E-state index in [1.54, 1.807) is 0 Å². The Hall–Kier alpha value is -0.340. The van der Waals surface area contributed by atoms with E-state index in [1.165, 1.54) is 11.0 Å². The molecule has 0 bridgehead atoms. The van der Waals surface area contributed by atoms with E-state index >= 15 is 0 Å². The van der Waals surface area contributed by atoms with E-state index in [0.717, 1.165) is 12.1 Å². The molecule has 1 saturated heterocycles. The molecule has 0 spiro atoms. The highest BCUT2D eigenvalue weighted by Gasteiger charge is 2.38. The zero-order chi connectivity index (χ0) is 15.6. The molecule has 1 N–H and O–H groups in total. The normalized spacial score (nSPS) is 17.3. The molecule has 1 aromatic rings. The van der Waals surface area contributed by atoms with Gasteiger partial charge in [-0.05, 0) is 11.6 Å². The summed E-state index contributed by atoms with van der Waals surface area (Å²) in [7, 11) is 0. The Balaban J connectivity index is 0.00000242. The SMILES string of the molecule is Cl.Cl.FC(F)[C@@H](c1cccc(C(F)(F)F)c1Cl)N1CCNCC1. The van der Waals surface area contributed by atoms with Gasteiger partial charge in [-0.3, -0.25) is 4.90 Å². The van der Waals surface area contributed by atoms with Crippen LogP contribution in [0.2, 0.25) is 5.02 Å². The van der Waals surface area contributed by atoms with Crippen LogP contribution in [0.5, 0.6) is 0 Å². The van der Waals surface area contributed by atoms with Gasteiger partial charge in [0.05, 0.1) is 16.6 Å². The van der Waals surface area contributed by atoms with Crippen molar-refractivity contribution in [3.05, 3.63) is 34.3 Å². The van der Waals surface area contributed by atoms with Gasteiger partial charge < -0.3 is 5.32 Å². The van der Waals surface area contributed by atoms with Gasteiger partial charge in [0.15, 0.2) is 0 Å². The number of piperazine rings is 1. The fourth-order valence-electron chi connectivity index (χ4n) is 2.45. The Kier molecular flexibility index (Phi) is 9.09. The van der Waals surface area contributed by atoms with Crippen LogP contribution in [0.3, 0.4) is 0 Å². The number of hydrogen-bond acceptors (Lipinski definition) is 2. The number of hydrogen-bond donors (Lipinski definition) is 1. The van der Waals surface area contributed by atoms with Crippen molar-refractivity contribution >= 4 is 36.4 Å². The van der Waals surface area contributed by atoms with Crippen molar-refractivity contribution in [2.45, 2.75) is 18.6 Å². The standard InChI is InChI=1S/C13H14ClF5N2.2ClH/c14-10-8(2-1-3-9(10)13(17,18)19)11(12(15)16)21-6-4-20-5-7-21;;/h1-3,11-12,20H,4-7H2;2*1H/t11-;;/m1../s1. The molecule has 1 aliphatic rings. The molecular formula is C13H16Cl3F5N2. The Labute approximate surface area is 148 Å². The summed E-state index contributed by atoms with van der Waals surface area (Å²) in [6.45, 7) is 1.70. The predicted molar refractivity (Wildman–Crippen MR) is 84.1 cm³/mol. The summed E-state index contributed by atoms with van der Waals surface area (Å²) in [5, 5.41) is 2.37. The molecule has 0 aromatic heterocycles. The highest BCUT2D eigenvalue weighted by atomic mass is 35.5. The lowest BCUT2D eigenvalue weighted by Gasteiger charge is -2.35. The summed E-state index contributed by atoms with van der Waals surface area (Å²) in [6.07, 6.45) is -7.48. The Morgan fingerprint density at radius 2 is 1.65 bits per heavy atom. The van der Waals surface area contributed by atoms with Crippen LogP contribution in [-0.4, -0.2) is 37.5 Å². The minimum absolute atomic E-state index is 0. The third-order valence-corrected chi connectivity index (χ3v) is 3.86. The Bertz CT molecular complexity index is 493. The van der Waals surface area contributed by atoms with Gasteiger partial charge >= 0.3 is 6.18 Å². The van der Waals surface area contributed by atoms with Gasteiger partial charge in [-0.2, -0.15) is 13.2 Å². The fraction of sp³-hybridized carbons (Fsp3) is 0.538. The summed E-state index contributed by atoms with van der Waals surface area (Å²) in [5.41, 5.74) is -1.26. The topological polar surface area (TPSA) is 15.3 Å². The predicted octanol–water partition coefficient (Wildman–Crippen LogP) is 4.41. The van der Waals surface area contributed by atoms with Crippen molar-refractivity contribution in [1.82, 2.24) is 10.2 Å². The molecule has 0 radical (unpaired) electrons. The van der Waals surface area contributed by atoms with Crippen LogP contribution >= 0.6 is 36.4 Å². The lowest BCUT2D eigenvalue weighted by Crippen LogP contribution is -2.47. The van der Waals surface area contributed by atoms with Gasteiger partial charge in [-0.1, -0.05) is 23.7 Å². The van der Waals surface area contributed by atoms with Crippen LogP contribution in [0.1, 0.15) is 17.2 Å². The van der Waals surface area contributed by atoms with Crippen LogP contribution in [0, 0.1) is 0 Å². The molecule has 1 heterocycles. The van der Waals surface area contributed by atoms with E-state index in [2.05, 4.69) is 5.32 Å². The van der Waals surface area contributed by atoms with Crippen molar-refractivity contribution in [3.63, 3.8) is 0 Å². The molecule has 2 nitrogen and oxygen atoms in total. The molecule has 0 unspecified atom stereocenters. The van der Waals surface area contributed by atoms with Crippen molar-refractivity contribution in [1.29, 1.82) is 0 Å². The lowest BCUT2D eigenvalue weighted by molar-refractivity contribution is -0.137. The van der Waals surface area contributed by atoms with E-state index in [9.17, 15) is 22.0 Å². The molecule has 2 rings (SSSR count). The van der Waals surface area contributed by atoms with Crippen molar-refractivity contribution in [2.75, 3.05) is 26.2 Å².